The van der Waals surface area contributed by atoms with Crippen LogP contribution in [0.5, 0.6) is 5.75 Å². The van der Waals surface area contributed by atoms with Gasteiger partial charge < -0.3 is 4.74 Å². The van der Waals surface area contributed by atoms with E-state index in [2.05, 4.69) is 0 Å². The molecule has 0 bridgehead atoms. The summed E-state index contributed by atoms with van der Waals surface area (Å²) in [7, 11) is 1.60. The minimum atomic E-state index is -0.0988. The maximum atomic E-state index is 11.9. The van der Waals surface area contributed by atoms with E-state index in [1.165, 1.54) is 6.92 Å². The summed E-state index contributed by atoms with van der Waals surface area (Å²) >= 11 is 6.15. The SMILES string of the molecule is COc1ccc(N(C(C)=O)c2ccccc2Cl)cc1. The number of hydrogen-bond donors (Lipinski definition) is 0. The van der Waals surface area contributed by atoms with E-state index in [1.807, 2.05) is 42.5 Å². The van der Waals surface area contributed by atoms with Crippen molar-refractivity contribution < 1.29 is 9.53 Å². The molecule has 0 aliphatic carbocycles. The normalized spacial score (nSPS) is 10.1. The number of ether oxygens (including phenoxy) is 1. The number of carbonyl (C=O) groups is 1. The van der Waals surface area contributed by atoms with Crippen molar-refractivity contribution in [2.45, 2.75) is 6.92 Å². The summed E-state index contributed by atoms with van der Waals surface area (Å²) in [5, 5.41) is 0.536. The molecule has 0 atom stereocenters. The number of carbonyl (C=O) groups excluding carboxylic acids is 1. The molecule has 3 nitrogen and oxygen atoms in total. The third-order valence-corrected chi connectivity index (χ3v) is 3.06. The van der Waals surface area contributed by atoms with Crippen LogP contribution < -0.4 is 9.64 Å². The van der Waals surface area contributed by atoms with Crippen LogP contribution in [-0.2, 0) is 4.79 Å². The van der Waals surface area contributed by atoms with Gasteiger partial charge in [0, 0.05) is 12.6 Å². The van der Waals surface area contributed by atoms with Crippen molar-refractivity contribution >= 4 is 28.9 Å². The van der Waals surface area contributed by atoms with Gasteiger partial charge in [-0.2, -0.15) is 0 Å². The number of rotatable bonds is 3. The Bertz CT molecular complexity index is 581. The third-order valence-electron chi connectivity index (χ3n) is 2.74. The summed E-state index contributed by atoms with van der Waals surface area (Å²) in [5.74, 6) is 0.643. The largest absolute Gasteiger partial charge is 0.497 e. The van der Waals surface area contributed by atoms with Crippen molar-refractivity contribution in [1.82, 2.24) is 0 Å². The van der Waals surface area contributed by atoms with Gasteiger partial charge in [0.1, 0.15) is 5.75 Å². The van der Waals surface area contributed by atoms with E-state index in [4.69, 9.17) is 16.3 Å². The predicted molar refractivity (Wildman–Crippen MR) is 77.3 cm³/mol. The Kier molecular flexibility index (Phi) is 4.07. The van der Waals surface area contributed by atoms with Crippen LogP contribution in [0.25, 0.3) is 0 Å². The van der Waals surface area contributed by atoms with Gasteiger partial charge in [-0.3, -0.25) is 9.69 Å². The lowest BCUT2D eigenvalue weighted by molar-refractivity contribution is -0.115. The summed E-state index contributed by atoms with van der Waals surface area (Å²) in [4.78, 5) is 13.5. The molecule has 0 aliphatic rings. The van der Waals surface area contributed by atoms with Crippen molar-refractivity contribution in [3.8, 4) is 5.75 Å². The number of benzene rings is 2. The molecule has 0 N–H and O–H groups in total. The van der Waals surface area contributed by atoms with Crippen LogP contribution in [0.2, 0.25) is 5.02 Å². The summed E-state index contributed by atoms with van der Waals surface area (Å²) in [5.41, 5.74) is 1.42. The number of hydrogen-bond acceptors (Lipinski definition) is 2. The zero-order valence-electron chi connectivity index (χ0n) is 10.8. The average molecular weight is 276 g/mol. The highest BCUT2D eigenvalue weighted by Crippen LogP contribution is 2.32. The van der Waals surface area contributed by atoms with Crippen LogP contribution in [-0.4, -0.2) is 13.0 Å². The summed E-state index contributed by atoms with van der Waals surface area (Å²) < 4.78 is 5.11. The van der Waals surface area contributed by atoms with Gasteiger partial charge >= 0.3 is 0 Å². The van der Waals surface area contributed by atoms with E-state index in [0.717, 1.165) is 11.4 Å². The van der Waals surface area contributed by atoms with Gasteiger partial charge in [0.15, 0.2) is 0 Å². The quantitative estimate of drug-likeness (QED) is 0.846. The molecule has 98 valence electrons. The smallest absolute Gasteiger partial charge is 0.228 e. The number of halogens is 1. The monoisotopic (exact) mass is 275 g/mol. The van der Waals surface area contributed by atoms with Gasteiger partial charge in [-0.25, -0.2) is 0 Å². The molecule has 0 fully saturated rings. The van der Waals surface area contributed by atoms with E-state index in [0.29, 0.717) is 10.7 Å². The Morgan fingerprint density at radius 2 is 1.74 bits per heavy atom. The molecule has 0 aliphatic heterocycles. The molecule has 1 amide bonds. The fraction of sp³-hybridized carbons (Fsp3) is 0.133. The summed E-state index contributed by atoms with van der Waals surface area (Å²) in [6.07, 6.45) is 0. The van der Waals surface area contributed by atoms with Gasteiger partial charge in [-0.05, 0) is 36.4 Å². The topological polar surface area (TPSA) is 29.5 Å². The first-order valence-electron chi connectivity index (χ1n) is 5.83. The fourth-order valence-corrected chi connectivity index (χ4v) is 2.08. The standard InChI is InChI=1S/C15H14ClNO2/c1-11(18)17(15-6-4-3-5-14(15)16)12-7-9-13(19-2)10-8-12/h3-10H,1-2H3. The minimum absolute atomic E-state index is 0.0988. The van der Waals surface area contributed by atoms with Gasteiger partial charge in [-0.15, -0.1) is 0 Å². The fourth-order valence-electron chi connectivity index (χ4n) is 1.85. The van der Waals surface area contributed by atoms with E-state index < -0.39 is 0 Å². The highest BCUT2D eigenvalue weighted by Gasteiger charge is 2.16. The lowest BCUT2D eigenvalue weighted by Crippen LogP contribution is -2.22. The Labute approximate surface area is 117 Å². The molecule has 0 saturated carbocycles. The molecule has 0 spiro atoms. The number of amides is 1. The van der Waals surface area contributed by atoms with Crippen LogP contribution in [0.4, 0.5) is 11.4 Å². The van der Waals surface area contributed by atoms with Gasteiger partial charge in [0.05, 0.1) is 17.8 Å². The van der Waals surface area contributed by atoms with Crippen molar-refractivity contribution in [3.63, 3.8) is 0 Å². The lowest BCUT2D eigenvalue weighted by atomic mass is 10.2. The second-order valence-corrected chi connectivity index (χ2v) is 4.41. The first-order chi connectivity index (χ1) is 9.13. The molecule has 2 aromatic carbocycles. The molecule has 0 unspecified atom stereocenters. The molecule has 4 heteroatoms. The predicted octanol–water partition coefficient (Wildman–Crippen LogP) is 4.03. The van der Waals surface area contributed by atoms with Crippen LogP contribution in [0, 0.1) is 0 Å². The maximum Gasteiger partial charge on any atom is 0.228 e. The Hall–Kier alpha value is -2.00. The second-order valence-electron chi connectivity index (χ2n) is 4.00. The van der Waals surface area contributed by atoms with Gasteiger partial charge in [-0.1, -0.05) is 23.7 Å². The Morgan fingerprint density at radius 3 is 2.26 bits per heavy atom. The van der Waals surface area contributed by atoms with Crippen LogP contribution in [0.3, 0.4) is 0 Å². The molecule has 0 radical (unpaired) electrons. The number of para-hydroxylation sites is 1. The van der Waals surface area contributed by atoms with Crippen molar-refractivity contribution in [2.75, 3.05) is 12.0 Å². The molecule has 0 heterocycles. The van der Waals surface area contributed by atoms with E-state index in [9.17, 15) is 4.79 Å². The molecular weight excluding hydrogens is 262 g/mol. The average Bonchev–Trinajstić information content (AvgIpc) is 2.42. The molecular formula is C15H14ClNO2. The Morgan fingerprint density at radius 1 is 1.11 bits per heavy atom. The highest BCUT2D eigenvalue weighted by molar-refractivity contribution is 6.34. The van der Waals surface area contributed by atoms with Gasteiger partial charge in [0.25, 0.3) is 0 Å². The first-order valence-corrected chi connectivity index (χ1v) is 6.20. The second kappa shape index (κ2) is 5.76. The van der Waals surface area contributed by atoms with Crippen molar-refractivity contribution in [3.05, 3.63) is 53.6 Å². The summed E-state index contributed by atoms with van der Waals surface area (Å²) in [6.45, 7) is 1.51. The highest BCUT2D eigenvalue weighted by atomic mass is 35.5. The zero-order valence-corrected chi connectivity index (χ0v) is 11.5. The van der Waals surface area contributed by atoms with Gasteiger partial charge in [0.2, 0.25) is 5.91 Å². The van der Waals surface area contributed by atoms with Crippen molar-refractivity contribution in [2.24, 2.45) is 0 Å². The summed E-state index contributed by atoms with van der Waals surface area (Å²) in [6, 6.07) is 14.5. The van der Waals surface area contributed by atoms with Crippen molar-refractivity contribution in [1.29, 1.82) is 0 Å². The van der Waals surface area contributed by atoms with Crippen LogP contribution in [0.15, 0.2) is 48.5 Å². The van der Waals surface area contributed by atoms with E-state index >= 15 is 0 Å². The van der Waals surface area contributed by atoms with Crippen LogP contribution in [0.1, 0.15) is 6.92 Å². The molecule has 0 saturated heterocycles. The molecule has 19 heavy (non-hydrogen) atoms. The molecule has 2 rings (SSSR count). The molecule has 0 aromatic heterocycles. The zero-order chi connectivity index (χ0) is 13.8. The van der Waals surface area contributed by atoms with E-state index in [-0.39, 0.29) is 5.91 Å². The van der Waals surface area contributed by atoms with E-state index in [1.54, 1.807) is 18.1 Å². The number of methoxy groups -OCH3 is 1. The first kappa shape index (κ1) is 13.4. The third kappa shape index (κ3) is 2.88. The Balaban J connectivity index is 2.46. The number of nitrogens with zero attached hydrogens (tertiary/aromatic N) is 1. The number of anilines is 2. The molecule has 2 aromatic rings. The lowest BCUT2D eigenvalue weighted by Gasteiger charge is -2.22. The minimum Gasteiger partial charge on any atom is -0.497 e. The maximum absolute atomic E-state index is 11.9. The van der Waals surface area contributed by atoms with Crippen LogP contribution >= 0.6 is 11.6 Å².